The van der Waals surface area contributed by atoms with Crippen LogP contribution in [-0.2, 0) is 20.9 Å². The van der Waals surface area contributed by atoms with Gasteiger partial charge in [0.05, 0.1) is 5.92 Å². The number of likely N-dealkylation sites (tertiary alicyclic amines) is 1. The lowest BCUT2D eigenvalue weighted by Gasteiger charge is -2.18. The van der Waals surface area contributed by atoms with Crippen LogP contribution in [0, 0.1) is 11.7 Å². The van der Waals surface area contributed by atoms with Crippen molar-refractivity contribution in [1.29, 1.82) is 0 Å². The Bertz CT molecular complexity index is 900. The Morgan fingerprint density at radius 2 is 1.89 bits per heavy atom. The quantitative estimate of drug-likeness (QED) is 0.545. The van der Waals surface area contributed by atoms with Crippen molar-refractivity contribution in [2.45, 2.75) is 26.0 Å². The molecule has 0 spiro atoms. The zero-order valence-corrected chi connectivity index (χ0v) is 16.0. The maximum atomic E-state index is 13.0. The van der Waals surface area contributed by atoms with Crippen LogP contribution in [0.25, 0.3) is 0 Å². The zero-order valence-electron chi connectivity index (χ0n) is 15.2. The Morgan fingerprint density at radius 1 is 1.21 bits per heavy atom. The molecule has 0 saturated carbocycles. The number of hydrogen-bond acceptors (Lipinski definition) is 4. The molecule has 5 nitrogen and oxygen atoms in total. The Hall–Kier alpha value is -2.73. The number of ether oxygens (including phenoxy) is 1. The lowest BCUT2D eigenvalue weighted by molar-refractivity contribution is -0.151. The van der Waals surface area contributed by atoms with Gasteiger partial charge in [0.25, 0.3) is 0 Å². The highest BCUT2D eigenvalue weighted by Gasteiger charge is 2.36. The number of amides is 1. The first kappa shape index (κ1) is 20.0. The summed E-state index contributed by atoms with van der Waals surface area (Å²) >= 11 is 6.13. The molecule has 1 fully saturated rings. The summed E-state index contributed by atoms with van der Waals surface area (Å²) in [6.07, 6.45) is -0.994. The number of hydrogen-bond donors (Lipinski definition) is 0. The van der Waals surface area contributed by atoms with E-state index in [1.54, 1.807) is 17.0 Å². The molecule has 0 bridgehead atoms. The molecule has 2 atom stereocenters. The second kappa shape index (κ2) is 8.52. The second-order valence-electron chi connectivity index (χ2n) is 6.72. The van der Waals surface area contributed by atoms with Crippen LogP contribution in [0.5, 0.6) is 0 Å². The third-order valence-electron chi connectivity index (χ3n) is 4.66. The first-order valence-electron chi connectivity index (χ1n) is 8.86. The van der Waals surface area contributed by atoms with Gasteiger partial charge >= 0.3 is 5.97 Å². The van der Waals surface area contributed by atoms with Gasteiger partial charge in [0, 0.05) is 30.1 Å². The van der Waals surface area contributed by atoms with Crippen molar-refractivity contribution in [1.82, 2.24) is 4.90 Å². The monoisotopic (exact) mass is 403 g/mol. The lowest BCUT2D eigenvalue weighted by Crippen LogP contribution is -2.30. The van der Waals surface area contributed by atoms with Crippen molar-refractivity contribution in [3.05, 3.63) is 70.5 Å². The number of carbonyl (C=O) groups excluding carboxylic acids is 3. The lowest BCUT2D eigenvalue weighted by atomic mass is 10.1. The van der Waals surface area contributed by atoms with Crippen molar-refractivity contribution >= 4 is 29.3 Å². The van der Waals surface area contributed by atoms with Gasteiger partial charge in [-0.25, -0.2) is 4.39 Å². The van der Waals surface area contributed by atoms with E-state index in [-0.39, 0.29) is 24.4 Å². The molecule has 2 aromatic carbocycles. The number of benzene rings is 2. The van der Waals surface area contributed by atoms with Gasteiger partial charge < -0.3 is 9.64 Å². The smallest absolute Gasteiger partial charge is 0.311 e. The van der Waals surface area contributed by atoms with Crippen LogP contribution in [0.15, 0.2) is 48.5 Å². The summed E-state index contributed by atoms with van der Waals surface area (Å²) in [6.45, 7) is 1.98. The number of esters is 1. The largest absolute Gasteiger partial charge is 0.454 e. The minimum Gasteiger partial charge on any atom is -0.454 e. The van der Waals surface area contributed by atoms with E-state index in [0.717, 1.165) is 5.56 Å². The number of ketones is 1. The molecule has 28 heavy (non-hydrogen) atoms. The Morgan fingerprint density at radius 3 is 2.57 bits per heavy atom. The standard InChI is InChI=1S/C21H19ClFNO4/c1-13(20(26)14-6-8-17(23)9-7-14)28-21(27)16-10-19(25)24(12-16)11-15-4-2-3-5-18(15)22/h2-9,13,16H,10-12H2,1H3/t13-,16-/m0/s1. The normalized spacial score (nSPS) is 17.5. The van der Waals surface area contributed by atoms with Gasteiger partial charge in [-0.15, -0.1) is 0 Å². The maximum absolute atomic E-state index is 13.0. The van der Waals surface area contributed by atoms with Gasteiger partial charge in [-0.2, -0.15) is 0 Å². The van der Waals surface area contributed by atoms with Crippen LogP contribution in [0.3, 0.4) is 0 Å². The zero-order chi connectivity index (χ0) is 20.3. The summed E-state index contributed by atoms with van der Waals surface area (Å²) < 4.78 is 18.2. The van der Waals surface area contributed by atoms with Crippen molar-refractivity contribution in [2.75, 3.05) is 6.54 Å². The van der Waals surface area contributed by atoms with Crippen molar-refractivity contribution in [3.63, 3.8) is 0 Å². The number of nitrogens with zero attached hydrogens (tertiary/aromatic N) is 1. The van der Waals surface area contributed by atoms with E-state index in [9.17, 15) is 18.8 Å². The van der Waals surface area contributed by atoms with Crippen LogP contribution in [0.1, 0.15) is 29.3 Å². The molecule has 1 aliphatic heterocycles. The van der Waals surface area contributed by atoms with Crippen LogP contribution in [0.4, 0.5) is 4.39 Å². The third-order valence-corrected chi connectivity index (χ3v) is 5.03. The van der Waals surface area contributed by atoms with E-state index in [4.69, 9.17) is 16.3 Å². The average molecular weight is 404 g/mol. The van der Waals surface area contributed by atoms with E-state index in [1.165, 1.54) is 31.2 Å². The number of rotatable bonds is 6. The Labute approximate surface area is 167 Å². The summed E-state index contributed by atoms with van der Waals surface area (Å²) in [6, 6.07) is 12.2. The third kappa shape index (κ3) is 4.57. The van der Waals surface area contributed by atoms with Gasteiger partial charge in [-0.1, -0.05) is 29.8 Å². The van der Waals surface area contributed by atoms with E-state index >= 15 is 0 Å². The van der Waals surface area contributed by atoms with Gasteiger partial charge in [0.1, 0.15) is 5.82 Å². The van der Waals surface area contributed by atoms with E-state index in [2.05, 4.69) is 0 Å². The first-order chi connectivity index (χ1) is 13.3. The SMILES string of the molecule is C[C@H](OC(=O)[C@H]1CC(=O)N(Cc2ccccc2Cl)C1)C(=O)c1ccc(F)cc1. The predicted octanol–water partition coefficient (Wildman–Crippen LogP) is 3.64. The number of halogens is 2. The Balaban J connectivity index is 1.59. The van der Waals surface area contributed by atoms with Gasteiger partial charge in [0.15, 0.2) is 6.10 Å². The highest BCUT2D eigenvalue weighted by atomic mass is 35.5. The predicted molar refractivity (Wildman–Crippen MR) is 101 cm³/mol. The molecule has 1 aliphatic rings. The maximum Gasteiger partial charge on any atom is 0.311 e. The molecule has 0 unspecified atom stereocenters. The van der Waals surface area contributed by atoms with Crippen LogP contribution < -0.4 is 0 Å². The minimum absolute atomic E-state index is 0.0285. The summed E-state index contributed by atoms with van der Waals surface area (Å²) in [4.78, 5) is 38.5. The molecule has 3 rings (SSSR count). The average Bonchev–Trinajstić information content (AvgIpc) is 3.04. The highest BCUT2D eigenvalue weighted by molar-refractivity contribution is 6.31. The van der Waals surface area contributed by atoms with Gasteiger partial charge in [0.2, 0.25) is 11.7 Å². The van der Waals surface area contributed by atoms with Crippen LogP contribution in [0.2, 0.25) is 5.02 Å². The van der Waals surface area contributed by atoms with Gasteiger partial charge in [-0.3, -0.25) is 14.4 Å². The van der Waals surface area contributed by atoms with Crippen molar-refractivity contribution in [2.24, 2.45) is 5.92 Å². The molecule has 146 valence electrons. The molecule has 0 N–H and O–H groups in total. The molecule has 7 heteroatoms. The van der Waals surface area contributed by atoms with Crippen molar-refractivity contribution < 1.29 is 23.5 Å². The molecule has 0 radical (unpaired) electrons. The first-order valence-corrected chi connectivity index (χ1v) is 9.24. The second-order valence-corrected chi connectivity index (χ2v) is 7.12. The molecular weight excluding hydrogens is 385 g/mol. The van der Waals surface area contributed by atoms with Crippen LogP contribution >= 0.6 is 11.6 Å². The topological polar surface area (TPSA) is 63.7 Å². The molecule has 1 amide bonds. The summed E-state index contributed by atoms with van der Waals surface area (Å²) in [5, 5.41) is 0.555. The molecule has 0 aromatic heterocycles. The molecule has 0 aliphatic carbocycles. The van der Waals surface area contributed by atoms with E-state index in [0.29, 0.717) is 11.6 Å². The van der Waals surface area contributed by atoms with E-state index in [1.807, 2.05) is 12.1 Å². The Kier molecular flexibility index (Phi) is 6.09. The molecule has 1 saturated heterocycles. The summed E-state index contributed by atoms with van der Waals surface area (Å²) in [7, 11) is 0. The fourth-order valence-electron chi connectivity index (χ4n) is 3.09. The molecule has 2 aromatic rings. The fraction of sp³-hybridized carbons (Fsp3) is 0.286. The van der Waals surface area contributed by atoms with Gasteiger partial charge in [-0.05, 0) is 42.8 Å². The van der Waals surface area contributed by atoms with Crippen LogP contribution in [-0.4, -0.2) is 35.2 Å². The summed E-state index contributed by atoms with van der Waals surface area (Å²) in [5.74, 6) is -2.29. The number of carbonyl (C=O) groups is 3. The fourth-order valence-corrected chi connectivity index (χ4v) is 3.28. The highest BCUT2D eigenvalue weighted by Crippen LogP contribution is 2.25. The molecular formula is C21H19ClFNO4. The van der Waals surface area contributed by atoms with Crippen molar-refractivity contribution in [3.8, 4) is 0 Å². The molecule has 1 heterocycles. The summed E-state index contributed by atoms with van der Waals surface area (Å²) in [5.41, 5.74) is 1.05. The minimum atomic E-state index is -1.02. The van der Waals surface area contributed by atoms with E-state index < -0.39 is 29.6 Å². The number of Topliss-reactive ketones (excluding diaryl/α,β-unsaturated/α-hetero) is 1.